The lowest BCUT2D eigenvalue weighted by molar-refractivity contribution is 0.855. The monoisotopic (exact) mass is 221 g/mol. The molecule has 1 N–H and O–H groups in total. The van der Waals surface area contributed by atoms with Gasteiger partial charge in [0.25, 0.3) is 0 Å². The fourth-order valence-corrected chi connectivity index (χ4v) is 2.26. The maximum absolute atomic E-state index is 8.93. The lowest BCUT2D eigenvalue weighted by Crippen LogP contribution is -1.97. The Bertz CT molecular complexity index is 655. The highest BCUT2D eigenvalue weighted by Gasteiger charge is 2.15. The van der Waals surface area contributed by atoms with Crippen molar-refractivity contribution in [3.8, 4) is 6.07 Å². The molecular formula is C14H11N3. The van der Waals surface area contributed by atoms with E-state index in [2.05, 4.69) is 28.2 Å². The van der Waals surface area contributed by atoms with Crippen LogP contribution in [0.4, 0.5) is 0 Å². The Morgan fingerprint density at radius 1 is 1.47 bits per heavy atom. The fourth-order valence-electron chi connectivity index (χ4n) is 2.26. The summed E-state index contributed by atoms with van der Waals surface area (Å²) in [6.07, 6.45) is 10.7. The average Bonchev–Trinajstić information content (AvgIpc) is 2.82. The molecule has 0 saturated carbocycles. The average molecular weight is 221 g/mol. The second-order valence-electron chi connectivity index (χ2n) is 4.12. The molecule has 0 aliphatic heterocycles. The van der Waals surface area contributed by atoms with Gasteiger partial charge in [0.15, 0.2) is 0 Å². The summed E-state index contributed by atoms with van der Waals surface area (Å²) < 4.78 is 0. The Kier molecular flexibility index (Phi) is 2.27. The van der Waals surface area contributed by atoms with Gasteiger partial charge in [0.05, 0.1) is 6.07 Å². The summed E-state index contributed by atoms with van der Waals surface area (Å²) >= 11 is 0. The number of nitriles is 1. The summed E-state index contributed by atoms with van der Waals surface area (Å²) in [5, 5.41) is 10.1. The molecule has 1 aliphatic carbocycles. The molecular weight excluding hydrogens is 210 g/mol. The molecule has 0 amide bonds. The third-order valence-electron chi connectivity index (χ3n) is 3.08. The Labute approximate surface area is 99.1 Å². The van der Waals surface area contributed by atoms with Crippen molar-refractivity contribution >= 4 is 11.0 Å². The highest BCUT2D eigenvalue weighted by Crippen LogP contribution is 2.31. The van der Waals surface area contributed by atoms with Crippen LogP contribution in [0, 0.1) is 11.3 Å². The molecule has 0 spiro atoms. The zero-order valence-corrected chi connectivity index (χ0v) is 9.22. The van der Waals surface area contributed by atoms with Gasteiger partial charge < -0.3 is 4.98 Å². The number of allylic oxidation sites excluding steroid dienone is 4. The Morgan fingerprint density at radius 2 is 2.41 bits per heavy atom. The molecule has 0 saturated heterocycles. The molecule has 3 heteroatoms. The minimum atomic E-state index is 0.271. The summed E-state index contributed by atoms with van der Waals surface area (Å²) in [6, 6.07) is 6.19. The van der Waals surface area contributed by atoms with E-state index in [0.29, 0.717) is 0 Å². The van der Waals surface area contributed by atoms with Gasteiger partial charge in [-0.15, -0.1) is 0 Å². The maximum Gasteiger partial charge on any atom is 0.137 e. The van der Waals surface area contributed by atoms with E-state index in [1.165, 1.54) is 5.56 Å². The molecule has 1 unspecified atom stereocenters. The van der Waals surface area contributed by atoms with Crippen molar-refractivity contribution in [1.29, 1.82) is 5.26 Å². The van der Waals surface area contributed by atoms with Crippen LogP contribution in [-0.2, 0) is 0 Å². The maximum atomic E-state index is 8.93. The molecule has 2 aromatic heterocycles. The van der Waals surface area contributed by atoms with Crippen molar-refractivity contribution in [3.05, 3.63) is 53.9 Å². The predicted octanol–water partition coefficient (Wildman–Crippen LogP) is 3.06. The number of hydrogen-bond donors (Lipinski definition) is 1. The molecule has 3 rings (SSSR count). The molecule has 1 aliphatic rings. The third-order valence-corrected chi connectivity index (χ3v) is 3.08. The van der Waals surface area contributed by atoms with E-state index in [-0.39, 0.29) is 5.92 Å². The normalized spacial score (nSPS) is 19.0. The number of hydrogen-bond acceptors (Lipinski definition) is 2. The van der Waals surface area contributed by atoms with Gasteiger partial charge in [-0.3, -0.25) is 0 Å². The van der Waals surface area contributed by atoms with Crippen LogP contribution in [0.1, 0.15) is 17.9 Å². The van der Waals surface area contributed by atoms with Crippen molar-refractivity contribution in [2.24, 2.45) is 0 Å². The summed E-state index contributed by atoms with van der Waals surface area (Å²) in [6.45, 7) is 0. The standard InChI is InChI=1S/C14H11N3/c15-8-10-3-1-4-11(7-10)13-9-17-14-12(13)5-2-6-16-14/h1-3,5-7,9,11H,4H2,(H,16,17). The van der Waals surface area contributed by atoms with Crippen LogP contribution < -0.4 is 0 Å². The van der Waals surface area contributed by atoms with Gasteiger partial charge in [0, 0.05) is 29.3 Å². The number of nitrogens with zero attached hydrogens (tertiary/aromatic N) is 2. The summed E-state index contributed by atoms with van der Waals surface area (Å²) in [5.74, 6) is 0.271. The zero-order valence-electron chi connectivity index (χ0n) is 9.22. The molecule has 0 radical (unpaired) electrons. The van der Waals surface area contributed by atoms with E-state index in [0.717, 1.165) is 23.0 Å². The number of H-pyrrole nitrogens is 1. The second-order valence-corrected chi connectivity index (χ2v) is 4.12. The topological polar surface area (TPSA) is 52.5 Å². The highest BCUT2D eigenvalue weighted by atomic mass is 14.8. The smallest absolute Gasteiger partial charge is 0.137 e. The second kappa shape index (κ2) is 3.91. The van der Waals surface area contributed by atoms with E-state index in [9.17, 15) is 0 Å². The summed E-state index contributed by atoms with van der Waals surface area (Å²) in [7, 11) is 0. The highest BCUT2D eigenvalue weighted by molar-refractivity contribution is 5.80. The zero-order chi connectivity index (χ0) is 11.7. The van der Waals surface area contributed by atoms with Crippen LogP contribution in [-0.4, -0.2) is 9.97 Å². The van der Waals surface area contributed by atoms with Crippen molar-refractivity contribution < 1.29 is 0 Å². The summed E-state index contributed by atoms with van der Waals surface area (Å²) in [4.78, 5) is 7.45. The minimum Gasteiger partial charge on any atom is -0.346 e. The fraction of sp³-hybridized carbons (Fsp3) is 0.143. The van der Waals surface area contributed by atoms with Crippen LogP contribution in [0.2, 0.25) is 0 Å². The van der Waals surface area contributed by atoms with E-state index >= 15 is 0 Å². The number of rotatable bonds is 1. The molecule has 0 fully saturated rings. The molecule has 0 bridgehead atoms. The van der Waals surface area contributed by atoms with Crippen LogP contribution in [0.3, 0.4) is 0 Å². The van der Waals surface area contributed by atoms with Crippen molar-refractivity contribution in [2.45, 2.75) is 12.3 Å². The Hall–Kier alpha value is -2.34. The third kappa shape index (κ3) is 1.64. The van der Waals surface area contributed by atoms with Crippen LogP contribution >= 0.6 is 0 Å². The largest absolute Gasteiger partial charge is 0.346 e. The van der Waals surface area contributed by atoms with E-state index in [1.54, 1.807) is 6.20 Å². The van der Waals surface area contributed by atoms with Crippen LogP contribution in [0.15, 0.2) is 48.3 Å². The van der Waals surface area contributed by atoms with Gasteiger partial charge in [-0.2, -0.15) is 5.26 Å². The quantitative estimate of drug-likeness (QED) is 0.804. The molecule has 0 aromatic carbocycles. The van der Waals surface area contributed by atoms with Gasteiger partial charge in [0.2, 0.25) is 0 Å². The van der Waals surface area contributed by atoms with Gasteiger partial charge in [0.1, 0.15) is 5.65 Å². The first-order valence-corrected chi connectivity index (χ1v) is 5.59. The van der Waals surface area contributed by atoms with E-state index in [1.807, 2.05) is 24.4 Å². The van der Waals surface area contributed by atoms with Gasteiger partial charge in [-0.25, -0.2) is 4.98 Å². The van der Waals surface area contributed by atoms with Crippen LogP contribution in [0.5, 0.6) is 0 Å². The molecule has 3 nitrogen and oxygen atoms in total. The van der Waals surface area contributed by atoms with E-state index in [4.69, 9.17) is 5.26 Å². The SMILES string of the molecule is N#CC1=CC(c2c[nH]c3ncccc23)CC=C1. The number of aromatic nitrogens is 2. The molecule has 17 heavy (non-hydrogen) atoms. The Balaban J connectivity index is 2.08. The van der Waals surface area contributed by atoms with Gasteiger partial charge in [-0.05, 0) is 30.2 Å². The minimum absolute atomic E-state index is 0.271. The lowest BCUT2D eigenvalue weighted by Gasteiger charge is -2.13. The first-order chi connectivity index (χ1) is 8.38. The number of nitrogens with one attached hydrogen (secondary N) is 1. The van der Waals surface area contributed by atoms with Crippen LogP contribution in [0.25, 0.3) is 11.0 Å². The number of fused-ring (bicyclic) bond motifs is 1. The first kappa shape index (κ1) is 9.86. The molecule has 82 valence electrons. The first-order valence-electron chi connectivity index (χ1n) is 5.59. The van der Waals surface area contributed by atoms with Crippen molar-refractivity contribution in [2.75, 3.05) is 0 Å². The number of aromatic amines is 1. The molecule has 2 aromatic rings. The summed E-state index contributed by atoms with van der Waals surface area (Å²) in [5.41, 5.74) is 2.86. The number of pyridine rings is 1. The van der Waals surface area contributed by atoms with Crippen molar-refractivity contribution in [3.63, 3.8) is 0 Å². The van der Waals surface area contributed by atoms with Gasteiger partial charge in [-0.1, -0.05) is 12.2 Å². The lowest BCUT2D eigenvalue weighted by atomic mass is 9.90. The molecule has 2 heterocycles. The molecule has 1 atom stereocenters. The predicted molar refractivity (Wildman–Crippen MR) is 66.3 cm³/mol. The van der Waals surface area contributed by atoms with E-state index < -0.39 is 0 Å². The van der Waals surface area contributed by atoms with Crippen molar-refractivity contribution in [1.82, 2.24) is 9.97 Å². The van der Waals surface area contributed by atoms with Gasteiger partial charge >= 0.3 is 0 Å². The Morgan fingerprint density at radius 3 is 3.29 bits per heavy atom.